The predicted molar refractivity (Wildman–Crippen MR) is 57.0 cm³/mol. The van der Waals surface area contributed by atoms with Crippen LogP contribution in [0, 0.1) is 0 Å². The molecule has 0 aliphatic heterocycles. The largest absolute Gasteiger partial charge is 0.265 e. The molecule has 0 saturated carbocycles. The second kappa shape index (κ2) is 5.10. The first-order valence-corrected chi connectivity index (χ1v) is 5.19. The van der Waals surface area contributed by atoms with Crippen molar-refractivity contribution in [2.24, 2.45) is 4.99 Å². The van der Waals surface area contributed by atoms with E-state index in [9.17, 15) is 8.78 Å². The van der Waals surface area contributed by atoms with Crippen LogP contribution >= 0.6 is 11.8 Å². The molecule has 0 spiro atoms. The lowest BCUT2D eigenvalue weighted by Crippen LogP contribution is -1.87. The lowest BCUT2D eigenvalue weighted by Gasteiger charge is -2.08. The van der Waals surface area contributed by atoms with Crippen LogP contribution in [0.1, 0.15) is 18.9 Å². The van der Waals surface area contributed by atoms with Crippen molar-refractivity contribution in [2.45, 2.75) is 18.2 Å². The Hall–Kier alpha value is -0.900. The maximum absolute atomic E-state index is 12.5. The fourth-order valence-electron chi connectivity index (χ4n) is 1.16. The zero-order valence-electron chi connectivity index (χ0n) is 7.84. The smallest absolute Gasteiger partial charge is 0.263 e. The number of thioether (sulfide) groups is 1. The second-order valence-corrected chi connectivity index (χ2v) is 3.89. The number of hydrogen-bond donors (Lipinski definition) is 0. The van der Waals surface area contributed by atoms with Gasteiger partial charge in [0.15, 0.2) is 0 Å². The summed E-state index contributed by atoms with van der Waals surface area (Å²) in [7, 11) is 0. The molecule has 0 aliphatic carbocycles. The molecule has 0 fully saturated rings. The Kier molecular flexibility index (Phi) is 4.07. The van der Waals surface area contributed by atoms with Gasteiger partial charge < -0.3 is 0 Å². The van der Waals surface area contributed by atoms with Gasteiger partial charge in [0.25, 0.3) is 6.43 Å². The van der Waals surface area contributed by atoms with Crippen molar-refractivity contribution in [1.82, 2.24) is 0 Å². The molecule has 0 unspecified atom stereocenters. The lowest BCUT2D eigenvalue weighted by atomic mass is 10.2. The molecule has 14 heavy (non-hydrogen) atoms. The van der Waals surface area contributed by atoms with Gasteiger partial charge in [-0.1, -0.05) is 19.1 Å². The predicted octanol–water partition coefficient (Wildman–Crippen LogP) is 4.07. The second-order valence-electron chi connectivity index (χ2n) is 2.59. The molecule has 0 bridgehead atoms. The van der Waals surface area contributed by atoms with E-state index < -0.39 is 6.43 Å². The summed E-state index contributed by atoms with van der Waals surface area (Å²) >= 11 is 1.49. The van der Waals surface area contributed by atoms with Gasteiger partial charge in [-0.2, -0.15) is 0 Å². The van der Waals surface area contributed by atoms with E-state index in [1.54, 1.807) is 12.1 Å². The number of hydrogen-bond acceptors (Lipinski definition) is 2. The van der Waals surface area contributed by atoms with Gasteiger partial charge in [0, 0.05) is 10.5 Å². The van der Waals surface area contributed by atoms with Crippen LogP contribution in [0.15, 0.2) is 28.1 Å². The van der Waals surface area contributed by atoms with Gasteiger partial charge in [-0.05, 0) is 18.5 Å². The van der Waals surface area contributed by atoms with Crippen LogP contribution < -0.4 is 0 Å². The minimum Gasteiger partial charge on any atom is -0.263 e. The zero-order chi connectivity index (χ0) is 10.6. The maximum Gasteiger partial charge on any atom is 0.265 e. The highest BCUT2D eigenvalue weighted by molar-refractivity contribution is 7.99. The first-order chi connectivity index (χ1) is 6.70. The van der Waals surface area contributed by atoms with Crippen molar-refractivity contribution >= 4 is 24.2 Å². The Morgan fingerprint density at radius 2 is 2.21 bits per heavy atom. The van der Waals surface area contributed by atoms with Crippen molar-refractivity contribution in [1.29, 1.82) is 0 Å². The highest BCUT2D eigenvalue weighted by Gasteiger charge is 2.14. The molecular formula is C10H11F2NS. The summed E-state index contributed by atoms with van der Waals surface area (Å²) in [6.07, 6.45) is -2.49. The molecule has 1 aromatic carbocycles. The molecule has 0 amide bonds. The Bertz CT molecular complexity index is 326. The van der Waals surface area contributed by atoms with Crippen LogP contribution in [0.5, 0.6) is 0 Å². The number of nitrogens with zero attached hydrogens (tertiary/aromatic N) is 1. The summed E-state index contributed by atoms with van der Waals surface area (Å²) in [4.78, 5) is 4.42. The van der Waals surface area contributed by atoms with Crippen LogP contribution in [-0.2, 0) is 0 Å². The van der Waals surface area contributed by atoms with Gasteiger partial charge in [0.2, 0.25) is 0 Å². The standard InChI is InChI=1S/C10H11F2NS/c1-3-14-8-6-4-5-7(10(11)12)9(8)13-2/h4-6,10H,2-3H2,1H3. The zero-order valence-corrected chi connectivity index (χ0v) is 8.65. The van der Waals surface area contributed by atoms with Crippen LogP contribution in [-0.4, -0.2) is 12.5 Å². The summed E-state index contributed by atoms with van der Waals surface area (Å²) in [6.45, 7) is 5.29. The van der Waals surface area contributed by atoms with Crippen LogP contribution in [0.2, 0.25) is 0 Å². The molecule has 1 rings (SSSR count). The Morgan fingerprint density at radius 1 is 1.50 bits per heavy atom. The Labute approximate surface area is 86.2 Å². The van der Waals surface area contributed by atoms with E-state index >= 15 is 0 Å². The molecule has 0 N–H and O–H groups in total. The molecule has 76 valence electrons. The van der Waals surface area contributed by atoms with E-state index in [2.05, 4.69) is 11.7 Å². The molecule has 0 heterocycles. The number of rotatable bonds is 4. The number of para-hydroxylation sites is 1. The quantitative estimate of drug-likeness (QED) is 0.544. The number of alkyl halides is 2. The van der Waals surface area contributed by atoms with Crippen molar-refractivity contribution in [2.75, 3.05) is 5.75 Å². The summed E-state index contributed by atoms with van der Waals surface area (Å²) in [5.41, 5.74) is 0.271. The first-order valence-electron chi connectivity index (χ1n) is 4.21. The molecule has 0 radical (unpaired) electrons. The average Bonchev–Trinajstić information content (AvgIpc) is 2.18. The van der Waals surface area contributed by atoms with Gasteiger partial charge in [0.1, 0.15) is 0 Å². The summed E-state index contributed by atoms with van der Waals surface area (Å²) in [6, 6.07) is 4.78. The van der Waals surface area contributed by atoms with Crippen LogP contribution in [0.25, 0.3) is 0 Å². The monoisotopic (exact) mass is 215 g/mol. The Balaban J connectivity index is 3.17. The van der Waals surface area contributed by atoms with Crippen molar-refractivity contribution in [3.63, 3.8) is 0 Å². The molecule has 1 nitrogen and oxygen atoms in total. The molecule has 0 aliphatic rings. The van der Waals surface area contributed by atoms with E-state index in [0.29, 0.717) is 5.69 Å². The highest BCUT2D eigenvalue weighted by Crippen LogP contribution is 2.37. The van der Waals surface area contributed by atoms with E-state index in [-0.39, 0.29) is 5.56 Å². The third-order valence-corrected chi connectivity index (χ3v) is 2.65. The summed E-state index contributed by atoms with van der Waals surface area (Å²) < 4.78 is 25.1. The van der Waals surface area contributed by atoms with E-state index in [1.807, 2.05) is 6.92 Å². The van der Waals surface area contributed by atoms with Gasteiger partial charge in [-0.15, -0.1) is 11.8 Å². The SMILES string of the molecule is C=Nc1c(SCC)cccc1C(F)F. The molecular weight excluding hydrogens is 204 g/mol. The minimum atomic E-state index is -2.49. The summed E-state index contributed by atoms with van der Waals surface area (Å²) in [5, 5.41) is 0. The fraction of sp³-hybridized carbons (Fsp3) is 0.300. The van der Waals surface area contributed by atoms with Gasteiger partial charge in [-0.3, -0.25) is 4.99 Å². The number of halogens is 2. The fourth-order valence-corrected chi connectivity index (χ4v) is 1.96. The highest BCUT2D eigenvalue weighted by atomic mass is 32.2. The van der Waals surface area contributed by atoms with E-state index in [0.717, 1.165) is 10.6 Å². The molecule has 0 atom stereocenters. The van der Waals surface area contributed by atoms with Gasteiger partial charge >= 0.3 is 0 Å². The minimum absolute atomic E-state index is 0.0431. The average molecular weight is 215 g/mol. The van der Waals surface area contributed by atoms with Gasteiger partial charge in [0.05, 0.1) is 5.69 Å². The topological polar surface area (TPSA) is 12.4 Å². The normalized spacial score (nSPS) is 10.6. The maximum atomic E-state index is 12.5. The van der Waals surface area contributed by atoms with Gasteiger partial charge in [-0.25, -0.2) is 8.78 Å². The molecule has 4 heteroatoms. The molecule has 0 saturated heterocycles. The summed E-state index contributed by atoms with van der Waals surface area (Å²) in [5.74, 6) is 0.829. The van der Waals surface area contributed by atoms with Crippen LogP contribution in [0.3, 0.4) is 0 Å². The molecule has 1 aromatic rings. The van der Waals surface area contributed by atoms with Crippen molar-refractivity contribution in [3.8, 4) is 0 Å². The first kappa shape index (κ1) is 11.2. The van der Waals surface area contributed by atoms with E-state index in [1.165, 1.54) is 17.8 Å². The number of aliphatic imine (C=N–C) groups is 1. The number of benzene rings is 1. The van der Waals surface area contributed by atoms with Crippen LogP contribution in [0.4, 0.5) is 14.5 Å². The Morgan fingerprint density at radius 3 is 2.71 bits per heavy atom. The van der Waals surface area contributed by atoms with Crippen molar-refractivity contribution in [3.05, 3.63) is 23.8 Å². The van der Waals surface area contributed by atoms with Crippen molar-refractivity contribution < 1.29 is 8.78 Å². The molecule has 0 aromatic heterocycles. The third-order valence-electron chi connectivity index (χ3n) is 1.72. The third kappa shape index (κ3) is 2.32. The van der Waals surface area contributed by atoms with E-state index in [4.69, 9.17) is 0 Å². The lowest BCUT2D eigenvalue weighted by molar-refractivity contribution is 0.152.